The molecule has 0 aromatic heterocycles. The zero-order chi connectivity index (χ0) is 19.0. The largest absolute Gasteiger partial charge is 0.511 e. The Labute approximate surface area is 149 Å². The molecule has 6 nitrogen and oxygen atoms in total. The van der Waals surface area contributed by atoms with Gasteiger partial charge in [-0.15, -0.1) is 4.49 Å². The number of rotatable bonds is 4. The summed E-state index contributed by atoms with van der Waals surface area (Å²) in [5.74, 6) is 0. The Morgan fingerprint density at radius 3 is 1.62 bits per heavy atom. The van der Waals surface area contributed by atoms with Gasteiger partial charge in [-0.25, -0.2) is 8.42 Å². The molecule has 0 bridgehead atoms. The van der Waals surface area contributed by atoms with Gasteiger partial charge in [0.15, 0.2) is 0 Å². The number of nitrogens with zero attached hydrogens (tertiary/aromatic N) is 2. The van der Waals surface area contributed by atoms with Gasteiger partial charge in [-0.05, 0) is 24.3 Å². The molecular weight excluding hydrogens is 390 g/mol. The molecule has 141 valence electrons. The van der Waals surface area contributed by atoms with E-state index < -0.39 is 23.5 Å². The van der Waals surface area contributed by atoms with E-state index in [9.17, 15) is 26.5 Å². The lowest BCUT2D eigenvalue weighted by Crippen LogP contribution is -2.43. The lowest BCUT2D eigenvalue weighted by Gasteiger charge is -2.41. The number of anilines is 2. The fourth-order valence-electron chi connectivity index (χ4n) is 2.69. The molecule has 1 radical (unpaired) electrons. The second kappa shape index (κ2) is 6.70. The SMILES string of the molecule is O=S(=O)(N[P]1(O)N(c2ccccc2)CCN1c1ccccc1)C(F)(F)F. The lowest BCUT2D eigenvalue weighted by atomic mass is 10.3. The Morgan fingerprint density at radius 2 is 1.27 bits per heavy atom. The van der Waals surface area contributed by atoms with E-state index in [0.717, 1.165) is 0 Å². The van der Waals surface area contributed by atoms with E-state index in [1.807, 2.05) is 0 Å². The summed E-state index contributed by atoms with van der Waals surface area (Å²) >= 11 is 0. The minimum absolute atomic E-state index is 0.156. The van der Waals surface area contributed by atoms with Crippen LogP contribution in [0.15, 0.2) is 60.7 Å². The summed E-state index contributed by atoms with van der Waals surface area (Å²) in [5, 5.41) is 0. The number of nitrogens with one attached hydrogen (secondary N) is 1. The monoisotopic (exact) mass is 406 g/mol. The van der Waals surface area contributed by atoms with Gasteiger partial charge in [-0.3, -0.25) is 0 Å². The van der Waals surface area contributed by atoms with E-state index in [0.29, 0.717) is 11.4 Å². The maximum atomic E-state index is 12.9. The molecule has 2 N–H and O–H groups in total. The topological polar surface area (TPSA) is 72.9 Å². The summed E-state index contributed by atoms with van der Waals surface area (Å²) in [5.41, 5.74) is -4.69. The number of hydrogen-bond donors (Lipinski definition) is 2. The van der Waals surface area contributed by atoms with E-state index in [4.69, 9.17) is 0 Å². The predicted octanol–water partition coefficient (Wildman–Crippen LogP) is 3.12. The van der Waals surface area contributed by atoms with Gasteiger partial charge in [0.25, 0.3) is 0 Å². The molecule has 2 aromatic rings. The van der Waals surface area contributed by atoms with E-state index >= 15 is 0 Å². The zero-order valence-corrected chi connectivity index (χ0v) is 15.0. The van der Waals surface area contributed by atoms with Crippen LogP contribution in [0.2, 0.25) is 0 Å². The van der Waals surface area contributed by atoms with Crippen molar-refractivity contribution >= 4 is 29.3 Å². The Hall–Kier alpha value is -1.87. The first-order valence-electron chi connectivity index (χ1n) is 7.53. The average molecular weight is 406 g/mol. The molecule has 26 heavy (non-hydrogen) atoms. The van der Waals surface area contributed by atoms with Crippen molar-refractivity contribution in [2.75, 3.05) is 22.4 Å². The number of hydrogen-bond acceptors (Lipinski definition) is 5. The van der Waals surface area contributed by atoms with E-state index in [2.05, 4.69) is 0 Å². The van der Waals surface area contributed by atoms with Crippen LogP contribution in [-0.2, 0) is 10.0 Å². The Balaban J connectivity index is 2.07. The highest BCUT2D eigenvalue weighted by atomic mass is 32.2. The third-order valence-electron chi connectivity index (χ3n) is 3.85. The van der Waals surface area contributed by atoms with Gasteiger partial charge in [0.05, 0.1) is 0 Å². The zero-order valence-electron chi connectivity index (χ0n) is 13.3. The number of benzene rings is 2. The molecule has 11 heteroatoms. The summed E-state index contributed by atoms with van der Waals surface area (Å²) in [6.07, 6.45) is 0. The number of sulfonamides is 1. The molecule has 1 aliphatic rings. The van der Waals surface area contributed by atoms with Gasteiger partial charge in [0.2, 0.25) is 7.94 Å². The minimum atomic E-state index is -5.76. The van der Waals surface area contributed by atoms with E-state index in [1.54, 1.807) is 60.7 Å². The van der Waals surface area contributed by atoms with Gasteiger partial charge in [-0.1, -0.05) is 36.4 Å². The normalized spacial score (nSPS) is 17.5. The fourth-order valence-corrected chi connectivity index (χ4v) is 7.09. The maximum Gasteiger partial charge on any atom is 0.511 e. The van der Waals surface area contributed by atoms with Crippen LogP contribution >= 0.6 is 7.94 Å². The van der Waals surface area contributed by atoms with Gasteiger partial charge in [-0.2, -0.15) is 13.2 Å². The Bertz CT molecular complexity index is 818. The van der Waals surface area contributed by atoms with Crippen molar-refractivity contribution in [2.45, 2.75) is 5.51 Å². The molecule has 0 saturated carbocycles. The lowest BCUT2D eigenvalue weighted by molar-refractivity contribution is -0.0442. The van der Waals surface area contributed by atoms with Crippen molar-refractivity contribution in [1.29, 1.82) is 0 Å². The molecule has 0 atom stereocenters. The standard InChI is InChI=1S/C15H16F3N3O3PS/c16-15(17,18)26(23,24)19-25(22)20(13-7-3-1-4-8-13)11-12-21(25)14-9-5-2-6-10-14/h1-10,19,22H,11-12H2. The summed E-state index contributed by atoms with van der Waals surface area (Å²) in [7, 11) is -9.85. The Kier molecular flexibility index (Phi) is 4.87. The second-order valence-electron chi connectivity index (χ2n) is 5.53. The maximum absolute atomic E-state index is 12.9. The second-order valence-corrected chi connectivity index (χ2v) is 9.83. The predicted molar refractivity (Wildman–Crippen MR) is 94.8 cm³/mol. The van der Waals surface area contributed by atoms with Crippen LogP contribution in [-0.4, -0.2) is 31.9 Å². The van der Waals surface area contributed by atoms with Crippen LogP contribution in [0.3, 0.4) is 0 Å². The molecule has 0 spiro atoms. The van der Waals surface area contributed by atoms with Crippen molar-refractivity contribution in [1.82, 2.24) is 4.49 Å². The van der Waals surface area contributed by atoms with Crippen LogP contribution < -0.4 is 13.8 Å². The van der Waals surface area contributed by atoms with Gasteiger partial charge in [0.1, 0.15) is 0 Å². The molecule has 3 rings (SSSR count). The van der Waals surface area contributed by atoms with Crippen LogP contribution in [0.25, 0.3) is 0 Å². The quantitative estimate of drug-likeness (QED) is 0.764. The third kappa shape index (κ3) is 3.37. The first-order valence-corrected chi connectivity index (χ1v) is 10.7. The summed E-state index contributed by atoms with van der Waals surface area (Å²) < 4.78 is 66.4. The third-order valence-corrected chi connectivity index (χ3v) is 8.61. The highest BCUT2D eigenvalue weighted by molar-refractivity contribution is 7.98. The molecule has 0 unspecified atom stereocenters. The van der Waals surface area contributed by atoms with Crippen LogP contribution in [0, 0.1) is 0 Å². The molecule has 0 amide bonds. The van der Waals surface area contributed by atoms with E-state index in [1.165, 1.54) is 13.8 Å². The van der Waals surface area contributed by atoms with Crippen molar-refractivity contribution in [2.24, 2.45) is 0 Å². The van der Waals surface area contributed by atoms with Crippen molar-refractivity contribution in [3.63, 3.8) is 0 Å². The van der Waals surface area contributed by atoms with Gasteiger partial charge in [0, 0.05) is 24.5 Å². The first-order chi connectivity index (χ1) is 12.2. The Morgan fingerprint density at radius 1 is 0.885 bits per heavy atom. The van der Waals surface area contributed by atoms with Crippen LogP contribution in [0.5, 0.6) is 0 Å². The molecule has 2 aromatic carbocycles. The first kappa shape index (κ1) is 18.9. The van der Waals surface area contributed by atoms with Crippen molar-refractivity contribution in [3.8, 4) is 0 Å². The molecular formula is C15H16F3N3O3PS. The summed E-state index contributed by atoms with van der Waals surface area (Å²) in [6.45, 7) is 0.313. The van der Waals surface area contributed by atoms with Crippen LogP contribution in [0.4, 0.5) is 24.5 Å². The average Bonchev–Trinajstić information content (AvgIpc) is 2.91. The fraction of sp³-hybridized carbons (Fsp3) is 0.200. The molecule has 1 heterocycles. The van der Waals surface area contributed by atoms with Crippen molar-refractivity contribution in [3.05, 3.63) is 60.7 Å². The summed E-state index contributed by atoms with van der Waals surface area (Å²) in [4.78, 5) is 11.2. The van der Waals surface area contributed by atoms with Gasteiger partial charge >= 0.3 is 15.5 Å². The van der Waals surface area contributed by atoms with Crippen molar-refractivity contribution < 1.29 is 26.5 Å². The molecule has 1 aliphatic heterocycles. The van der Waals surface area contributed by atoms with Crippen LogP contribution in [0.1, 0.15) is 0 Å². The highest BCUT2D eigenvalue weighted by Gasteiger charge is 2.55. The van der Waals surface area contributed by atoms with Gasteiger partial charge < -0.3 is 14.2 Å². The molecule has 1 fully saturated rings. The highest BCUT2D eigenvalue weighted by Crippen LogP contribution is 2.64. The number of halogens is 3. The number of alkyl halides is 3. The smallest absolute Gasteiger partial charge is 0.333 e. The van der Waals surface area contributed by atoms with E-state index in [-0.39, 0.29) is 13.1 Å². The summed E-state index contributed by atoms with van der Waals surface area (Å²) in [6, 6.07) is 16.4. The molecule has 1 saturated heterocycles. The molecule has 0 aliphatic carbocycles. The number of para-hydroxylation sites is 2. The minimum Gasteiger partial charge on any atom is -0.333 e.